The molecule has 6 unspecified atom stereocenters. The van der Waals surface area contributed by atoms with Gasteiger partial charge in [0.15, 0.2) is 0 Å². The Kier molecular flexibility index (Phi) is 2.87. The van der Waals surface area contributed by atoms with Gasteiger partial charge in [-0.1, -0.05) is 20.4 Å². The Morgan fingerprint density at radius 1 is 1.50 bits per heavy atom. The van der Waals surface area contributed by atoms with Crippen LogP contribution >= 0.6 is 0 Å². The maximum absolute atomic E-state index is 11.9. The lowest BCUT2D eigenvalue weighted by Crippen LogP contribution is -2.34. The fourth-order valence-electron chi connectivity index (χ4n) is 4.03. The van der Waals surface area contributed by atoms with Crippen molar-refractivity contribution in [3.05, 3.63) is 12.3 Å². The summed E-state index contributed by atoms with van der Waals surface area (Å²) in [5.74, 6) is 3.19. The van der Waals surface area contributed by atoms with Gasteiger partial charge in [0, 0.05) is 17.8 Å². The van der Waals surface area contributed by atoms with Gasteiger partial charge in [-0.15, -0.1) is 0 Å². The van der Waals surface area contributed by atoms with E-state index in [1.165, 1.54) is 6.42 Å². The van der Waals surface area contributed by atoms with Crippen LogP contribution in [-0.4, -0.2) is 18.7 Å². The van der Waals surface area contributed by atoms with Crippen molar-refractivity contribution in [2.75, 3.05) is 6.61 Å². The van der Waals surface area contributed by atoms with E-state index in [1.54, 1.807) is 0 Å². The van der Waals surface area contributed by atoms with Crippen LogP contribution in [0.4, 0.5) is 0 Å². The third-order valence-electron chi connectivity index (χ3n) is 5.22. The molecule has 0 N–H and O–H groups in total. The van der Waals surface area contributed by atoms with Gasteiger partial charge in [0.25, 0.3) is 0 Å². The molecule has 18 heavy (non-hydrogen) atoms. The Morgan fingerprint density at radius 3 is 3.00 bits per heavy atom. The molecule has 3 heteroatoms. The van der Waals surface area contributed by atoms with Crippen LogP contribution in [0.2, 0.25) is 0 Å². The van der Waals surface area contributed by atoms with Crippen molar-refractivity contribution in [3.8, 4) is 0 Å². The van der Waals surface area contributed by atoms with Crippen LogP contribution in [-0.2, 0) is 14.3 Å². The van der Waals surface area contributed by atoms with E-state index < -0.39 is 0 Å². The molecule has 0 aromatic rings. The fourth-order valence-corrected chi connectivity index (χ4v) is 4.03. The molecule has 2 aliphatic carbocycles. The van der Waals surface area contributed by atoms with E-state index in [4.69, 9.17) is 9.47 Å². The predicted molar refractivity (Wildman–Crippen MR) is 67.6 cm³/mol. The van der Waals surface area contributed by atoms with Gasteiger partial charge in [0.2, 0.25) is 0 Å². The van der Waals surface area contributed by atoms with Crippen LogP contribution in [0.25, 0.3) is 0 Å². The molecule has 3 fully saturated rings. The first-order valence-corrected chi connectivity index (χ1v) is 7.13. The Labute approximate surface area is 109 Å². The summed E-state index contributed by atoms with van der Waals surface area (Å²) in [5.41, 5.74) is 0. The van der Waals surface area contributed by atoms with Crippen LogP contribution in [0, 0.1) is 29.6 Å². The summed E-state index contributed by atoms with van der Waals surface area (Å²) in [7, 11) is 0. The van der Waals surface area contributed by atoms with Gasteiger partial charge >= 0.3 is 5.97 Å². The number of esters is 1. The molecule has 1 aliphatic heterocycles. The maximum Gasteiger partial charge on any atom is 0.308 e. The molecule has 3 nitrogen and oxygen atoms in total. The number of carbonyl (C=O) groups excluding carboxylic acids is 1. The molecule has 0 spiro atoms. The van der Waals surface area contributed by atoms with Gasteiger partial charge in [0.1, 0.15) is 6.10 Å². The molecule has 0 aromatic carbocycles. The maximum atomic E-state index is 11.9. The van der Waals surface area contributed by atoms with E-state index in [9.17, 15) is 4.79 Å². The summed E-state index contributed by atoms with van der Waals surface area (Å²) in [4.78, 5) is 11.9. The van der Waals surface area contributed by atoms with Gasteiger partial charge in [0.05, 0.1) is 18.3 Å². The zero-order valence-electron chi connectivity index (χ0n) is 11.2. The molecule has 3 rings (SSSR count). The molecule has 2 saturated carbocycles. The molecule has 0 amide bonds. The molecular formula is C15H22O3. The lowest BCUT2D eigenvalue weighted by atomic mass is 9.79. The fraction of sp³-hybridized carbons (Fsp3) is 0.800. The standard InChI is InChI=1S/C15H22O3/c1-4-8(2)15(16)18-13-6-10-5-11(13)12-7-17-9(3)14(10)12/h8,10-14H,3-7H2,1-2H3. The van der Waals surface area contributed by atoms with E-state index in [1.807, 2.05) is 13.8 Å². The van der Waals surface area contributed by atoms with E-state index >= 15 is 0 Å². The molecule has 0 aromatic heterocycles. The van der Waals surface area contributed by atoms with Crippen molar-refractivity contribution in [1.82, 2.24) is 0 Å². The van der Waals surface area contributed by atoms with Crippen molar-refractivity contribution < 1.29 is 14.3 Å². The number of carbonyl (C=O) groups is 1. The van der Waals surface area contributed by atoms with Gasteiger partial charge in [-0.2, -0.15) is 0 Å². The molecule has 1 saturated heterocycles. The van der Waals surface area contributed by atoms with Crippen LogP contribution in [0.1, 0.15) is 33.1 Å². The minimum atomic E-state index is -0.0238. The zero-order chi connectivity index (χ0) is 12.9. The summed E-state index contributed by atoms with van der Waals surface area (Å²) in [5, 5.41) is 0. The molecule has 6 atom stereocenters. The van der Waals surface area contributed by atoms with E-state index in [0.29, 0.717) is 23.7 Å². The molecule has 0 radical (unpaired) electrons. The minimum absolute atomic E-state index is 0.0229. The number of rotatable bonds is 3. The second kappa shape index (κ2) is 4.29. The van der Waals surface area contributed by atoms with Crippen molar-refractivity contribution in [3.63, 3.8) is 0 Å². The lowest BCUT2D eigenvalue weighted by Gasteiger charge is -2.30. The number of hydrogen-bond donors (Lipinski definition) is 0. The second-order valence-corrected chi connectivity index (χ2v) is 6.15. The zero-order valence-corrected chi connectivity index (χ0v) is 11.2. The average Bonchev–Trinajstić information content (AvgIpc) is 3.01. The van der Waals surface area contributed by atoms with Gasteiger partial charge in [-0.3, -0.25) is 4.79 Å². The topological polar surface area (TPSA) is 35.5 Å². The summed E-state index contributed by atoms with van der Waals surface area (Å²) >= 11 is 0. The SMILES string of the molecule is C=C1OCC2C3CC(CC3OC(=O)C(C)CC)C12. The van der Waals surface area contributed by atoms with Crippen LogP contribution < -0.4 is 0 Å². The highest BCUT2D eigenvalue weighted by Crippen LogP contribution is 2.58. The van der Waals surface area contributed by atoms with E-state index in [2.05, 4.69) is 6.58 Å². The summed E-state index contributed by atoms with van der Waals surface area (Å²) in [6.07, 6.45) is 3.19. The number of allylic oxidation sites excluding steroid dienone is 1. The van der Waals surface area contributed by atoms with Crippen molar-refractivity contribution in [1.29, 1.82) is 0 Å². The third kappa shape index (κ3) is 1.67. The van der Waals surface area contributed by atoms with Crippen molar-refractivity contribution in [2.45, 2.75) is 39.2 Å². The summed E-state index contributed by atoms with van der Waals surface area (Å²) in [6.45, 7) is 8.76. The second-order valence-electron chi connectivity index (χ2n) is 6.15. The Bertz CT molecular complexity index is 376. The number of fused-ring (bicyclic) bond motifs is 5. The van der Waals surface area contributed by atoms with E-state index in [0.717, 1.165) is 25.2 Å². The quantitative estimate of drug-likeness (QED) is 0.722. The number of hydrogen-bond acceptors (Lipinski definition) is 3. The molecule has 100 valence electrons. The first-order valence-electron chi connectivity index (χ1n) is 7.13. The summed E-state index contributed by atoms with van der Waals surface area (Å²) in [6, 6.07) is 0. The van der Waals surface area contributed by atoms with Crippen molar-refractivity contribution in [2.24, 2.45) is 29.6 Å². The Balaban J connectivity index is 1.65. The molecule has 3 aliphatic rings. The van der Waals surface area contributed by atoms with Crippen LogP contribution in [0.3, 0.4) is 0 Å². The Hall–Kier alpha value is -0.990. The van der Waals surface area contributed by atoms with E-state index in [-0.39, 0.29) is 18.0 Å². The van der Waals surface area contributed by atoms with Gasteiger partial charge in [-0.05, 0) is 25.2 Å². The highest BCUT2D eigenvalue weighted by atomic mass is 16.5. The minimum Gasteiger partial charge on any atom is -0.498 e. The first-order chi connectivity index (χ1) is 8.61. The Morgan fingerprint density at radius 2 is 2.28 bits per heavy atom. The highest BCUT2D eigenvalue weighted by molar-refractivity contribution is 5.72. The molecular weight excluding hydrogens is 228 g/mol. The molecule has 1 heterocycles. The normalized spacial score (nSPS) is 42.6. The summed E-state index contributed by atoms with van der Waals surface area (Å²) < 4.78 is 11.3. The third-order valence-corrected chi connectivity index (χ3v) is 5.22. The lowest BCUT2D eigenvalue weighted by molar-refractivity contribution is -0.157. The molecule has 2 bridgehead atoms. The average molecular weight is 250 g/mol. The van der Waals surface area contributed by atoms with Crippen LogP contribution in [0.15, 0.2) is 12.3 Å². The van der Waals surface area contributed by atoms with Gasteiger partial charge < -0.3 is 9.47 Å². The largest absolute Gasteiger partial charge is 0.498 e. The monoisotopic (exact) mass is 250 g/mol. The van der Waals surface area contributed by atoms with Gasteiger partial charge in [-0.25, -0.2) is 0 Å². The van der Waals surface area contributed by atoms with Crippen molar-refractivity contribution >= 4 is 5.97 Å². The predicted octanol–water partition coefficient (Wildman–Crippen LogP) is 2.76. The highest BCUT2D eigenvalue weighted by Gasteiger charge is 2.58. The number of ether oxygens (including phenoxy) is 2. The smallest absolute Gasteiger partial charge is 0.308 e. The first kappa shape index (κ1) is 12.1. The van der Waals surface area contributed by atoms with Crippen LogP contribution in [0.5, 0.6) is 0 Å².